The van der Waals surface area contributed by atoms with Gasteiger partial charge in [0.15, 0.2) is 0 Å². The summed E-state index contributed by atoms with van der Waals surface area (Å²) in [5.74, 6) is 0.302. The highest BCUT2D eigenvalue weighted by atomic mass is 16.5. The Morgan fingerprint density at radius 3 is 2.76 bits per heavy atom. The van der Waals surface area contributed by atoms with E-state index in [1.165, 1.54) is 6.42 Å². The molecule has 0 saturated carbocycles. The van der Waals surface area contributed by atoms with Crippen LogP contribution in [0.25, 0.3) is 0 Å². The molecule has 1 unspecified atom stereocenters. The first-order chi connectivity index (χ1) is 12.0. The summed E-state index contributed by atoms with van der Waals surface area (Å²) in [6, 6.07) is 5.12. The van der Waals surface area contributed by atoms with Crippen LogP contribution < -0.4 is 0 Å². The maximum atomic E-state index is 12.5. The average molecular weight is 348 g/mol. The Balaban J connectivity index is 1.51. The smallest absolute Gasteiger partial charge is 0.222 e. The lowest BCUT2D eigenvalue weighted by atomic mass is 9.76. The van der Waals surface area contributed by atoms with E-state index in [0.29, 0.717) is 29.8 Å². The number of hydrogen-bond acceptors (Lipinski definition) is 3. The summed E-state index contributed by atoms with van der Waals surface area (Å²) in [6.45, 7) is 8.36. The van der Waals surface area contributed by atoms with Gasteiger partial charge in [0.1, 0.15) is 0 Å². The van der Waals surface area contributed by atoms with Crippen molar-refractivity contribution in [1.29, 1.82) is 0 Å². The summed E-state index contributed by atoms with van der Waals surface area (Å²) in [5, 5.41) is 0. The maximum absolute atomic E-state index is 12.5. The molecule has 2 aliphatic rings. The van der Waals surface area contributed by atoms with Gasteiger partial charge < -0.3 is 14.6 Å². The molecule has 1 amide bonds. The van der Waals surface area contributed by atoms with Gasteiger partial charge in [0.2, 0.25) is 5.91 Å². The van der Waals surface area contributed by atoms with Crippen LogP contribution in [0.4, 0.5) is 0 Å². The lowest BCUT2D eigenvalue weighted by molar-refractivity contribution is -0.133. The molecule has 5 nitrogen and oxygen atoms in total. The van der Waals surface area contributed by atoms with Gasteiger partial charge in [-0.05, 0) is 57.1 Å². The average Bonchev–Trinajstić information content (AvgIpc) is 3.22. The molecule has 2 aliphatic heterocycles. The number of ether oxygens (including phenoxy) is 1. The zero-order valence-corrected chi connectivity index (χ0v) is 16.0. The van der Waals surface area contributed by atoms with Gasteiger partial charge >= 0.3 is 0 Å². The maximum Gasteiger partial charge on any atom is 0.222 e. The largest absolute Gasteiger partial charge is 0.383 e. The molecule has 2 saturated heterocycles. The fourth-order valence-electron chi connectivity index (χ4n) is 4.66. The fraction of sp³-hybridized carbons (Fsp3) is 0.750. The number of aromatic amines is 1. The summed E-state index contributed by atoms with van der Waals surface area (Å²) >= 11 is 0. The molecule has 2 fully saturated rings. The highest BCUT2D eigenvalue weighted by Crippen LogP contribution is 2.44. The van der Waals surface area contributed by atoms with Gasteiger partial charge in [-0.2, -0.15) is 0 Å². The third kappa shape index (κ3) is 4.26. The molecule has 1 aromatic heterocycles. The summed E-state index contributed by atoms with van der Waals surface area (Å²) in [7, 11) is 1.80. The molecule has 1 N–H and O–H groups in total. The van der Waals surface area contributed by atoms with Crippen molar-refractivity contribution < 1.29 is 9.53 Å². The van der Waals surface area contributed by atoms with E-state index in [1.54, 1.807) is 7.11 Å². The number of aromatic nitrogens is 1. The monoisotopic (exact) mass is 347 g/mol. The van der Waals surface area contributed by atoms with Gasteiger partial charge in [0, 0.05) is 57.1 Å². The second-order valence-electron chi connectivity index (χ2n) is 8.16. The quantitative estimate of drug-likeness (QED) is 0.861. The van der Waals surface area contributed by atoms with E-state index in [2.05, 4.69) is 28.6 Å². The number of rotatable bonds is 6. The van der Waals surface area contributed by atoms with E-state index in [0.717, 1.165) is 51.2 Å². The minimum absolute atomic E-state index is 0.302. The third-order valence-corrected chi connectivity index (χ3v) is 6.13. The molecule has 1 spiro atoms. The van der Waals surface area contributed by atoms with Crippen molar-refractivity contribution in [3.63, 3.8) is 0 Å². The Bertz CT molecular complexity index is 547. The van der Waals surface area contributed by atoms with Crippen LogP contribution in [0.1, 0.15) is 45.2 Å². The van der Waals surface area contributed by atoms with Gasteiger partial charge in [0.05, 0.1) is 6.61 Å². The van der Waals surface area contributed by atoms with Crippen molar-refractivity contribution in [2.75, 3.05) is 33.4 Å². The lowest BCUT2D eigenvalue weighted by Gasteiger charge is -2.39. The number of aryl methyl sites for hydroxylation is 1. The SMILES string of the molecule is COCC1CC2(CCN(C(=O)CCc3ccc[nH]3)CC2)CN1C(C)C. The highest BCUT2D eigenvalue weighted by molar-refractivity contribution is 5.76. The second kappa shape index (κ2) is 7.92. The van der Waals surface area contributed by atoms with E-state index in [1.807, 2.05) is 18.3 Å². The number of carbonyl (C=O) groups is 1. The first-order valence-corrected chi connectivity index (χ1v) is 9.68. The molecule has 1 aromatic rings. The number of methoxy groups -OCH3 is 1. The van der Waals surface area contributed by atoms with Crippen molar-refractivity contribution >= 4 is 5.91 Å². The van der Waals surface area contributed by atoms with E-state index in [-0.39, 0.29) is 0 Å². The first-order valence-electron chi connectivity index (χ1n) is 9.68. The number of nitrogens with one attached hydrogen (secondary N) is 1. The molecule has 0 aromatic carbocycles. The minimum Gasteiger partial charge on any atom is -0.383 e. The van der Waals surface area contributed by atoms with Crippen LogP contribution in [-0.4, -0.2) is 66.1 Å². The van der Waals surface area contributed by atoms with Gasteiger partial charge in [-0.15, -0.1) is 0 Å². The van der Waals surface area contributed by atoms with E-state index in [9.17, 15) is 4.79 Å². The molecular formula is C20H33N3O2. The summed E-state index contributed by atoms with van der Waals surface area (Å²) in [5.41, 5.74) is 1.52. The van der Waals surface area contributed by atoms with Crippen LogP contribution in [0.15, 0.2) is 18.3 Å². The van der Waals surface area contributed by atoms with Gasteiger partial charge in [0.25, 0.3) is 0 Å². The van der Waals surface area contributed by atoms with Crippen molar-refractivity contribution in [3.05, 3.63) is 24.0 Å². The molecule has 1 atom stereocenters. The van der Waals surface area contributed by atoms with Crippen LogP contribution in [0.3, 0.4) is 0 Å². The van der Waals surface area contributed by atoms with Crippen molar-refractivity contribution in [2.24, 2.45) is 5.41 Å². The number of likely N-dealkylation sites (tertiary alicyclic amines) is 2. The van der Waals surface area contributed by atoms with Crippen LogP contribution in [0.5, 0.6) is 0 Å². The normalized spacial score (nSPS) is 23.7. The second-order valence-corrected chi connectivity index (χ2v) is 8.16. The minimum atomic E-state index is 0.302. The zero-order chi connectivity index (χ0) is 17.9. The van der Waals surface area contributed by atoms with Crippen molar-refractivity contribution in [2.45, 2.75) is 58.0 Å². The van der Waals surface area contributed by atoms with E-state index >= 15 is 0 Å². The van der Waals surface area contributed by atoms with Crippen LogP contribution in [-0.2, 0) is 16.0 Å². The predicted molar refractivity (Wildman–Crippen MR) is 99.5 cm³/mol. The molecule has 0 radical (unpaired) electrons. The molecule has 0 aliphatic carbocycles. The first kappa shape index (κ1) is 18.5. The van der Waals surface area contributed by atoms with E-state index < -0.39 is 0 Å². The number of amides is 1. The molecule has 3 heterocycles. The van der Waals surface area contributed by atoms with Crippen LogP contribution in [0, 0.1) is 5.41 Å². The zero-order valence-electron chi connectivity index (χ0n) is 16.0. The Morgan fingerprint density at radius 1 is 1.40 bits per heavy atom. The number of carbonyl (C=O) groups excluding carboxylic acids is 1. The lowest BCUT2D eigenvalue weighted by Crippen LogP contribution is -2.44. The van der Waals surface area contributed by atoms with Crippen LogP contribution >= 0.6 is 0 Å². The third-order valence-electron chi connectivity index (χ3n) is 6.13. The molecule has 5 heteroatoms. The van der Waals surface area contributed by atoms with Crippen LogP contribution in [0.2, 0.25) is 0 Å². The number of H-pyrrole nitrogens is 1. The molecule has 140 valence electrons. The van der Waals surface area contributed by atoms with Gasteiger partial charge in [-0.25, -0.2) is 0 Å². The highest BCUT2D eigenvalue weighted by Gasteiger charge is 2.46. The Hall–Kier alpha value is -1.33. The summed E-state index contributed by atoms with van der Waals surface area (Å²) < 4.78 is 5.46. The van der Waals surface area contributed by atoms with E-state index in [4.69, 9.17) is 4.74 Å². The topological polar surface area (TPSA) is 48.6 Å². The Kier molecular flexibility index (Phi) is 5.85. The predicted octanol–water partition coefficient (Wildman–Crippen LogP) is 2.69. The summed E-state index contributed by atoms with van der Waals surface area (Å²) in [6.07, 6.45) is 6.81. The Labute approximate surface area is 151 Å². The fourth-order valence-corrected chi connectivity index (χ4v) is 4.66. The number of nitrogens with zero attached hydrogens (tertiary/aromatic N) is 2. The Morgan fingerprint density at radius 2 is 2.16 bits per heavy atom. The van der Waals surface area contributed by atoms with Gasteiger partial charge in [-0.3, -0.25) is 9.69 Å². The number of piperidine rings is 1. The van der Waals surface area contributed by atoms with Crippen molar-refractivity contribution in [1.82, 2.24) is 14.8 Å². The molecule has 0 bridgehead atoms. The van der Waals surface area contributed by atoms with Gasteiger partial charge in [-0.1, -0.05) is 0 Å². The number of hydrogen-bond donors (Lipinski definition) is 1. The summed E-state index contributed by atoms with van der Waals surface area (Å²) in [4.78, 5) is 20.4. The van der Waals surface area contributed by atoms with Crippen molar-refractivity contribution in [3.8, 4) is 0 Å². The molecule has 3 rings (SSSR count). The standard InChI is InChI=1S/C20H33N3O2/c1-16(2)23-15-20(13-18(23)14-25-3)8-11-22(12-9-20)19(24)7-6-17-5-4-10-21-17/h4-5,10,16,18,21H,6-9,11-15H2,1-3H3. The molecular weight excluding hydrogens is 314 g/mol. The molecule has 25 heavy (non-hydrogen) atoms.